The fourth-order valence-electron chi connectivity index (χ4n) is 3.10. The number of rotatable bonds is 6. The van der Waals surface area contributed by atoms with Gasteiger partial charge >= 0.3 is 0 Å². The topological polar surface area (TPSA) is 19.4 Å². The van der Waals surface area contributed by atoms with E-state index in [9.17, 15) is 0 Å². The molecule has 3 rings (SSSR count). The van der Waals surface area contributed by atoms with Gasteiger partial charge in [-0.3, -0.25) is 4.90 Å². The van der Waals surface area contributed by atoms with E-state index in [4.69, 9.17) is 11.6 Å². The molecule has 1 aliphatic heterocycles. The Morgan fingerprint density at radius 1 is 0.913 bits per heavy atom. The molecule has 0 atom stereocenters. The Kier molecular flexibility index (Phi) is 5.89. The molecule has 1 saturated heterocycles. The Morgan fingerprint density at radius 3 is 2.43 bits per heavy atom. The molecule has 1 aromatic carbocycles. The number of halogens is 1. The van der Waals surface area contributed by atoms with E-state index in [1.54, 1.807) is 0 Å². The highest BCUT2D eigenvalue weighted by Crippen LogP contribution is 2.23. The van der Waals surface area contributed by atoms with Crippen LogP contribution in [0.2, 0.25) is 5.02 Å². The van der Waals surface area contributed by atoms with Crippen molar-refractivity contribution in [3.05, 3.63) is 59.2 Å². The zero-order valence-electron chi connectivity index (χ0n) is 13.5. The lowest BCUT2D eigenvalue weighted by Gasteiger charge is -2.35. The zero-order chi connectivity index (χ0) is 15.9. The molecule has 0 unspecified atom stereocenters. The molecule has 2 aromatic rings. The molecule has 0 radical (unpaired) electrons. The van der Waals surface area contributed by atoms with E-state index in [-0.39, 0.29) is 0 Å². The maximum Gasteiger partial charge on any atom is 0.147 e. The predicted molar refractivity (Wildman–Crippen MR) is 97.3 cm³/mol. The van der Waals surface area contributed by atoms with Crippen LogP contribution in [0.1, 0.15) is 18.4 Å². The summed E-state index contributed by atoms with van der Waals surface area (Å²) in [6.07, 6.45) is 5.52. The van der Waals surface area contributed by atoms with Crippen molar-refractivity contribution in [1.82, 2.24) is 9.88 Å². The normalized spacial score (nSPS) is 15.8. The predicted octanol–water partition coefficient (Wildman–Crippen LogP) is 3.88. The Bertz CT molecular complexity index is 595. The van der Waals surface area contributed by atoms with Gasteiger partial charge < -0.3 is 4.90 Å². The lowest BCUT2D eigenvalue weighted by atomic mass is 10.1. The van der Waals surface area contributed by atoms with Crippen molar-refractivity contribution in [2.75, 3.05) is 37.6 Å². The molecule has 1 aromatic heterocycles. The summed E-state index contributed by atoms with van der Waals surface area (Å²) in [5.74, 6) is 0.929. The minimum atomic E-state index is 0.754. The van der Waals surface area contributed by atoms with Crippen LogP contribution in [0.5, 0.6) is 0 Å². The van der Waals surface area contributed by atoms with Crippen LogP contribution in [0.3, 0.4) is 0 Å². The summed E-state index contributed by atoms with van der Waals surface area (Å²) in [6, 6.07) is 14.6. The molecular weight excluding hydrogens is 306 g/mol. The largest absolute Gasteiger partial charge is 0.353 e. The van der Waals surface area contributed by atoms with Crippen LogP contribution in [-0.4, -0.2) is 42.6 Å². The number of aryl methyl sites for hydroxylation is 1. The highest BCUT2D eigenvalue weighted by atomic mass is 35.5. The van der Waals surface area contributed by atoms with Gasteiger partial charge in [0.1, 0.15) is 5.82 Å². The minimum Gasteiger partial charge on any atom is -0.353 e. The number of hydrogen-bond donors (Lipinski definition) is 0. The SMILES string of the molecule is Clc1cccnc1N1CCN(CCCCc2ccccc2)CC1. The van der Waals surface area contributed by atoms with Gasteiger partial charge in [-0.1, -0.05) is 41.9 Å². The van der Waals surface area contributed by atoms with Crippen LogP contribution in [0.4, 0.5) is 5.82 Å². The van der Waals surface area contributed by atoms with E-state index >= 15 is 0 Å². The van der Waals surface area contributed by atoms with Crippen LogP contribution in [0.25, 0.3) is 0 Å². The van der Waals surface area contributed by atoms with E-state index < -0.39 is 0 Å². The molecule has 122 valence electrons. The van der Waals surface area contributed by atoms with Gasteiger partial charge in [-0.25, -0.2) is 4.98 Å². The van der Waals surface area contributed by atoms with Crippen molar-refractivity contribution in [2.24, 2.45) is 0 Å². The van der Waals surface area contributed by atoms with Crippen molar-refractivity contribution in [3.63, 3.8) is 0 Å². The first-order valence-corrected chi connectivity index (χ1v) is 8.82. The molecule has 4 heteroatoms. The molecular formula is C19H24ClN3. The average Bonchev–Trinajstić information content (AvgIpc) is 2.61. The molecule has 2 heterocycles. The van der Waals surface area contributed by atoms with Crippen molar-refractivity contribution >= 4 is 17.4 Å². The summed E-state index contributed by atoms with van der Waals surface area (Å²) >= 11 is 6.24. The summed E-state index contributed by atoms with van der Waals surface area (Å²) in [4.78, 5) is 9.26. The second-order valence-corrected chi connectivity index (χ2v) is 6.49. The average molecular weight is 330 g/mol. The number of piperazine rings is 1. The highest BCUT2D eigenvalue weighted by Gasteiger charge is 2.19. The van der Waals surface area contributed by atoms with Gasteiger partial charge in [0.05, 0.1) is 5.02 Å². The van der Waals surface area contributed by atoms with E-state index in [1.165, 1.54) is 31.4 Å². The molecule has 0 saturated carbocycles. The van der Waals surface area contributed by atoms with Crippen molar-refractivity contribution in [1.29, 1.82) is 0 Å². The number of anilines is 1. The third-order valence-corrected chi connectivity index (χ3v) is 4.74. The lowest BCUT2D eigenvalue weighted by molar-refractivity contribution is 0.252. The summed E-state index contributed by atoms with van der Waals surface area (Å²) in [5.41, 5.74) is 1.45. The van der Waals surface area contributed by atoms with E-state index in [1.807, 2.05) is 18.3 Å². The number of benzene rings is 1. The first-order chi connectivity index (χ1) is 11.3. The van der Waals surface area contributed by atoms with Gasteiger partial charge in [-0.2, -0.15) is 0 Å². The van der Waals surface area contributed by atoms with Crippen LogP contribution in [0, 0.1) is 0 Å². The highest BCUT2D eigenvalue weighted by molar-refractivity contribution is 6.32. The summed E-state index contributed by atoms with van der Waals surface area (Å²) in [5, 5.41) is 0.754. The Morgan fingerprint density at radius 2 is 1.70 bits per heavy atom. The number of pyridine rings is 1. The molecule has 0 aliphatic carbocycles. The van der Waals surface area contributed by atoms with Gasteiger partial charge in [-0.15, -0.1) is 0 Å². The summed E-state index contributed by atoms with van der Waals surface area (Å²) in [7, 11) is 0. The maximum atomic E-state index is 6.24. The molecule has 3 nitrogen and oxygen atoms in total. The first-order valence-electron chi connectivity index (χ1n) is 8.45. The standard InChI is InChI=1S/C19H24ClN3/c20-18-10-6-11-21-19(18)23-15-13-22(14-16-23)12-5-4-9-17-7-2-1-3-8-17/h1-3,6-8,10-11H,4-5,9,12-16H2. The second kappa shape index (κ2) is 8.32. The van der Waals surface area contributed by atoms with E-state index in [2.05, 4.69) is 45.1 Å². The van der Waals surface area contributed by atoms with Crippen LogP contribution >= 0.6 is 11.6 Å². The Labute approximate surface area is 143 Å². The fraction of sp³-hybridized carbons (Fsp3) is 0.421. The van der Waals surface area contributed by atoms with Gasteiger partial charge in [0.2, 0.25) is 0 Å². The lowest BCUT2D eigenvalue weighted by Crippen LogP contribution is -2.47. The third-order valence-electron chi connectivity index (χ3n) is 4.44. The fourth-order valence-corrected chi connectivity index (χ4v) is 3.34. The Balaban J connectivity index is 1.37. The molecule has 0 amide bonds. The van der Waals surface area contributed by atoms with Gasteiger partial charge in [0, 0.05) is 32.4 Å². The third kappa shape index (κ3) is 4.69. The van der Waals surface area contributed by atoms with Gasteiger partial charge in [0.15, 0.2) is 0 Å². The summed E-state index contributed by atoms with van der Waals surface area (Å²) < 4.78 is 0. The molecule has 23 heavy (non-hydrogen) atoms. The van der Waals surface area contributed by atoms with E-state index in [0.717, 1.165) is 37.0 Å². The number of nitrogens with zero attached hydrogens (tertiary/aromatic N) is 3. The molecule has 0 bridgehead atoms. The quantitative estimate of drug-likeness (QED) is 0.750. The molecule has 1 fully saturated rings. The smallest absolute Gasteiger partial charge is 0.147 e. The van der Waals surface area contributed by atoms with Crippen LogP contribution in [-0.2, 0) is 6.42 Å². The molecule has 1 aliphatic rings. The number of hydrogen-bond acceptors (Lipinski definition) is 3. The van der Waals surface area contributed by atoms with Crippen LogP contribution in [0.15, 0.2) is 48.7 Å². The second-order valence-electron chi connectivity index (χ2n) is 6.08. The molecule has 0 N–H and O–H groups in total. The minimum absolute atomic E-state index is 0.754. The maximum absolute atomic E-state index is 6.24. The Hall–Kier alpha value is -1.58. The number of unbranched alkanes of at least 4 members (excludes halogenated alkanes) is 1. The van der Waals surface area contributed by atoms with Crippen LogP contribution < -0.4 is 4.90 Å². The first kappa shape index (κ1) is 16.3. The van der Waals surface area contributed by atoms with Crippen molar-refractivity contribution in [2.45, 2.75) is 19.3 Å². The van der Waals surface area contributed by atoms with Gasteiger partial charge in [0.25, 0.3) is 0 Å². The number of aromatic nitrogens is 1. The zero-order valence-corrected chi connectivity index (χ0v) is 14.3. The van der Waals surface area contributed by atoms with Gasteiger partial charge in [-0.05, 0) is 43.5 Å². The summed E-state index contributed by atoms with van der Waals surface area (Å²) in [6.45, 7) is 5.40. The van der Waals surface area contributed by atoms with E-state index in [0.29, 0.717) is 0 Å². The molecule has 0 spiro atoms. The monoisotopic (exact) mass is 329 g/mol. The van der Waals surface area contributed by atoms with Crippen molar-refractivity contribution < 1.29 is 0 Å². The van der Waals surface area contributed by atoms with Crippen molar-refractivity contribution in [3.8, 4) is 0 Å².